The number of aliphatic carboxylic acids is 1. The number of piperazine rings is 1. The van der Waals surface area contributed by atoms with E-state index in [4.69, 9.17) is 5.11 Å². The van der Waals surface area contributed by atoms with Crippen LogP contribution in [0.4, 0.5) is 5.69 Å². The van der Waals surface area contributed by atoms with Crippen LogP contribution in [-0.2, 0) is 16.0 Å². The Bertz CT molecular complexity index is 508. The predicted molar refractivity (Wildman–Crippen MR) is 76.8 cm³/mol. The van der Waals surface area contributed by atoms with Gasteiger partial charge < -0.3 is 15.3 Å². The summed E-state index contributed by atoms with van der Waals surface area (Å²) in [6.45, 7) is 5.27. The van der Waals surface area contributed by atoms with Crippen LogP contribution in [0.2, 0.25) is 0 Å². The molecule has 0 atom stereocenters. The lowest BCUT2D eigenvalue weighted by Crippen LogP contribution is -2.47. The first-order chi connectivity index (χ1) is 9.38. The second-order valence-electron chi connectivity index (χ2n) is 5.80. The number of nitrogens with one attached hydrogen (secondary N) is 1. The Balaban J connectivity index is 2.06. The van der Waals surface area contributed by atoms with Gasteiger partial charge in [0.05, 0.1) is 12.0 Å². The van der Waals surface area contributed by atoms with Gasteiger partial charge >= 0.3 is 5.97 Å². The molecule has 20 heavy (non-hydrogen) atoms. The Morgan fingerprint density at radius 2 is 2.00 bits per heavy atom. The fourth-order valence-corrected chi connectivity index (χ4v) is 2.27. The Morgan fingerprint density at radius 1 is 1.35 bits per heavy atom. The molecule has 1 aliphatic heterocycles. The van der Waals surface area contributed by atoms with E-state index in [0.717, 1.165) is 17.8 Å². The van der Waals surface area contributed by atoms with Gasteiger partial charge in [-0.2, -0.15) is 0 Å². The SMILES string of the molecule is CC(C)(Cc1ccc(N2CCNC(=O)C2)cc1)C(=O)O. The number of hydrogen-bond acceptors (Lipinski definition) is 3. The molecule has 0 radical (unpaired) electrons. The van der Waals surface area contributed by atoms with Crippen LogP contribution in [0.3, 0.4) is 0 Å². The quantitative estimate of drug-likeness (QED) is 0.869. The van der Waals surface area contributed by atoms with E-state index in [2.05, 4.69) is 5.32 Å². The zero-order valence-corrected chi connectivity index (χ0v) is 11.8. The molecular formula is C15H20N2O3. The highest BCUT2D eigenvalue weighted by molar-refractivity contribution is 5.82. The normalized spacial score (nSPS) is 15.9. The van der Waals surface area contributed by atoms with E-state index in [9.17, 15) is 9.59 Å². The van der Waals surface area contributed by atoms with Crippen molar-refractivity contribution in [3.63, 3.8) is 0 Å². The summed E-state index contributed by atoms with van der Waals surface area (Å²) in [6, 6.07) is 7.77. The molecule has 1 aromatic rings. The molecule has 0 bridgehead atoms. The predicted octanol–water partition coefficient (Wildman–Crippen LogP) is 1.28. The first kappa shape index (κ1) is 14.4. The number of carboxylic acid groups (broad SMARTS) is 1. The Morgan fingerprint density at radius 3 is 2.55 bits per heavy atom. The third-order valence-corrected chi connectivity index (χ3v) is 3.56. The number of benzene rings is 1. The number of hydrogen-bond donors (Lipinski definition) is 2. The average Bonchev–Trinajstić information content (AvgIpc) is 2.39. The summed E-state index contributed by atoms with van der Waals surface area (Å²) in [7, 11) is 0. The minimum Gasteiger partial charge on any atom is -0.481 e. The molecule has 1 fully saturated rings. The van der Waals surface area contributed by atoms with Crippen LogP contribution in [0.5, 0.6) is 0 Å². The minimum absolute atomic E-state index is 0.0346. The molecule has 0 unspecified atom stereocenters. The molecule has 1 heterocycles. The summed E-state index contributed by atoms with van der Waals surface area (Å²) in [5.41, 5.74) is 1.21. The van der Waals surface area contributed by atoms with Crippen LogP contribution >= 0.6 is 0 Å². The van der Waals surface area contributed by atoms with Crippen molar-refractivity contribution in [3.05, 3.63) is 29.8 Å². The second kappa shape index (κ2) is 5.53. The van der Waals surface area contributed by atoms with Crippen LogP contribution in [0.15, 0.2) is 24.3 Å². The van der Waals surface area contributed by atoms with Crippen molar-refractivity contribution in [1.29, 1.82) is 0 Å². The fourth-order valence-electron chi connectivity index (χ4n) is 2.27. The largest absolute Gasteiger partial charge is 0.481 e. The van der Waals surface area contributed by atoms with E-state index >= 15 is 0 Å². The van der Waals surface area contributed by atoms with E-state index in [1.165, 1.54) is 0 Å². The molecule has 1 amide bonds. The third kappa shape index (κ3) is 3.29. The van der Waals surface area contributed by atoms with Crippen molar-refractivity contribution in [2.45, 2.75) is 20.3 Å². The molecule has 0 saturated carbocycles. The molecule has 108 valence electrons. The monoisotopic (exact) mass is 276 g/mol. The number of rotatable bonds is 4. The molecule has 1 saturated heterocycles. The number of amides is 1. The van der Waals surface area contributed by atoms with E-state index in [1.807, 2.05) is 29.2 Å². The molecule has 1 aromatic carbocycles. The lowest BCUT2D eigenvalue weighted by Gasteiger charge is -2.29. The van der Waals surface area contributed by atoms with Crippen molar-refractivity contribution in [1.82, 2.24) is 5.32 Å². The highest BCUT2D eigenvalue weighted by Crippen LogP contribution is 2.24. The van der Waals surface area contributed by atoms with Gasteiger partial charge in [0.15, 0.2) is 0 Å². The summed E-state index contributed by atoms with van der Waals surface area (Å²) in [5.74, 6) is -0.762. The van der Waals surface area contributed by atoms with Crippen molar-refractivity contribution < 1.29 is 14.7 Å². The van der Waals surface area contributed by atoms with E-state index < -0.39 is 11.4 Å². The van der Waals surface area contributed by atoms with Gasteiger partial charge in [-0.05, 0) is 38.0 Å². The molecule has 0 aromatic heterocycles. The standard InChI is InChI=1S/C15H20N2O3/c1-15(2,14(19)20)9-11-3-5-12(6-4-11)17-8-7-16-13(18)10-17/h3-6H,7-10H2,1-2H3,(H,16,18)(H,19,20). The van der Waals surface area contributed by atoms with Crippen molar-refractivity contribution in [3.8, 4) is 0 Å². The lowest BCUT2D eigenvalue weighted by atomic mass is 9.86. The Hall–Kier alpha value is -2.04. The van der Waals surface area contributed by atoms with Gasteiger partial charge in [0.25, 0.3) is 0 Å². The maximum absolute atomic E-state index is 11.4. The first-order valence-corrected chi connectivity index (χ1v) is 6.72. The lowest BCUT2D eigenvalue weighted by molar-refractivity contribution is -0.146. The zero-order valence-electron chi connectivity index (χ0n) is 11.8. The number of carboxylic acids is 1. The van der Waals surface area contributed by atoms with Gasteiger partial charge in [-0.3, -0.25) is 9.59 Å². The van der Waals surface area contributed by atoms with E-state index in [1.54, 1.807) is 13.8 Å². The number of nitrogens with zero attached hydrogens (tertiary/aromatic N) is 1. The summed E-state index contributed by atoms with van der Waals surface area (Å²) < 4.78 is 0. The number of carbonyl (C=O) groups is 2. The summed E-state index contributed by atoms with van der Waals surface area (Å²) >= 11 is 0. The average molecular weight is 276 g/mol. The molecule has 0 aliphatic carbocycles. The molecule has 5 heteroatoms. The van der Waals surface area contributed by atoms with Gasteiger partial charge in [0.1, 0.15) is 0 Å². The van der Waals surface area contributed by atoms with Gasteiger partial charge in [0, 0.05) is 18.8 Å². The highest BCUT2D eigenvalue weighted by atomic mass is 16.4. The van der Waals surface area contributed by atoms with Crippen molar-refractivity contribution in [2.24, 2.45) is 5.41 Å². The van der Waals surface area contributed by atoms with Gasteiger partial charge in [-0.1, -0.05) is 12.1 Å². The molecule has 1 aliphatic rings. The van der Waals surface area contributed by atoms with Crippen molar-refractivity contribution in [2.75, 3.05) is 24.5 Å². The van der Waals surface area contributed by atoms with Crippen LogP contribution in [0, 0.1) is 5.41 Å². The Kier molecular flexibility index (Phi) is 3.97. The van der Waals surface area contributed by atoms with Crippen LogP contribution in [0.25, 0.3) is 0 Å². The van der Waals surface area contributed by atoms with Gasteiger partial charge in [0.2, 0.25) is 5.91 Å². The second-order valence-corrected chi connectivity index (χ2v) is 5.80. The minimum atomic E-state index is -0.797. The summed E-state index contributed by atoms with van der Waals surface area (Å²) in [6.07, 6.45) is 0.489. The summed E-state index contributed by atoms with van der Waals surface area (Å²) in [5, 5.41) is 11.9. The fraction of sp³-hybridized carbons (Fsp3) is 0.467. The van der Waals surface area contributed by atoms with Crippen LogP contribution < -0.4 is 10.2 Å². The maximum Gasteiger partial charge on any atom is 0.309 e. The van der Waals surface area contributed by atoms with Crippen molar-refractivity contribution >= 4 is 17.6 Å². The highest BCUT2D eigenvalue weighted by Gasteiger charge is 2.27. The summed E-state index contributed by atoms with van der Waals surface area (Å²) in [4.78, 5) is 24.5. The third-order valence-electron chi connectivity index (χ3n) is 3.56. The maximum atomic E-state index is 11.4. The Labute approximate surface area is 118 Å². The molecular weight excluding hydrogens is 256 g/mol. The molecule has 2 N–H and O–H groups in total. The van der Waals surface area contributed by atoms with Gasteiger partial charge in [-0.15, -0.1) is 0 Å². The van der Waals surface area contributed by atoms with E-state index in [0.29, 0.717) is 19.5 Å². The van der Waals surface area contributed by atoms with Crippen LogP contribution in [-0.4, -0.2) is 36.6 Å². The number of carbonyl (C=O) groups excluding carboxylic acids is 1. The topological polar surface area (TPSA) is 69.6 Å². The van der Waals surface area contributed by atoms with Crippen LogP contribution in [0.1, 0.15) is 19.4 Å². The first-order valence-electron chi connectivity index (χ1n) is 6.72. The van der Waals surface area contributed by atoms with E-state index in [-0.39, 0.29) is 5.91 Å². The molecule has 5 nitrogen and oxygen atoms in total. The smallest absolute Gasteiger partial charge is 0.309 e. The molecule has 2 rings (SSSR count). The molecule has 0 spiro atoms. The zero-order chi connectivity index (χ0) is 14.8. The number of anilines is 1. The van der Waals surface area contributed by atoms with Gasteiger partial charge in [-0.25, -0.2) is 0 Å².